The molecule has 1 aromatic rings. The van der Waals surface area contributed by atoms with Crippen LogP contribution in [0.4, 0.5) is 0 Å². The van der Waals surface area contributed by atoms with Crippen molar-refractivity contribution in [3.8, 4) is 0 Å². The van der Waals surface area contributed by atoms with Gasteiger partial charge < -0.3 is 0 Å². The van der Waals surface area contributed by atoms with E-state index in [9.17, 15) is 4.79 Å². The van der Waals surface area contributed by atoms with Gasteiger partial charge in [0.25, 0.3) is 0 Å². The standard InChI is InChI=1S/C15H20O/c1-12-5-2-3-8-15(12)10-13-6-4-7-14(9-13)11-16/h4,6-7,9,11-12,15H,2-3,5,8,10H2,1H3. The molecule has 0 amide bonds. The number of benzene rings is 1. The van der Waals surface area contributed by atoms with E-state index >= 15 is 0 Å². The number of rotatable bonds is 3. The highest BCUT2D eigenvalue weighted by Gasteiger charge is 2.21. The smallest absolute Gasteiger partial charge is 0.150 e. The maximum atomic E-state index is 10.7. The Morgan fingerprint density at radius 3 is 2.88 bits per heavy atom. The molecule has 2 rings (SSSR count). The topological polar surface area (TPSA) is 17.1 Å². The molecule has 2 unspecified atom stereocenters. The lowest BCUT2D eigenvalue weighted by Gasteiger charge is -2.28. The van der Waals surface area contributed by atoms with Crippen LogP contribution in [-0.2, 0) is 6.42 Å². The van der Waals surface area contributed by atoms with Crippen molar-refractivity contribution in [2.24, 2.45) is 11.8 Å². The van der Waals surface area contributed by atoms with Crippen molar-refractivity contribution >= 4 is 6.29 Å². The third-order valence-electron chi connectivity index (χ3n) is 3.87. The number of carbonyl (C=O) groups excluding carboxylic acids is 1. The fourth-order valence-electron chi connectivity index (χ4n) is 2.79. The summed E-state index contributed by atoms with van der Waals surface area (Å²) in [5.41, 5.74) is 2.13. The van der Waals surface area contributed by atoms with Gasteiger partial charge >= 0.3 is 0 Å². The van der Waals surface area contributed by atoms with Crippen molar-refractivity contribution in [2.45, 2.75) is 39.0 Å². The molecule has 0 aliphatic heterocycles. The van der Waals surface area contributed by atoms with Crippen LogP contribution in [0.3, 0.4) is 0 Å². The van der Waals surface area contributed by atoms with Gasteiger partial charge in [-0.25, -0.2) is 0 Å². The SMILES string of the molecule is CC1CCCCC1Cc1cccc(C=O)c1. The van der Waals surface area contributed by atoms with E-state index in [0.29, 0.717) is 0 Å². The van der Waals surface area contributed by atoms with Crippen LogP contribution in [0.15, 0.2) is 24.3 Å². The summed E-state index contributed by atoms with van der Waals surface area (Å²) in [6.45, 7) is 2.37. The second-order valence-electron chi connectivity index (χ2n) is 5.09. The van der Waals surface area contributed by atoms with Gasteiger partial charge in [0, 0.05) is 5.56 Å². The first-order valence-corrected chi connectivity index (χ1v) is 6.33. The van der Waals surface area contributed by atoms with E-state index in [1.807, 2.05) is 18.2 Å². The molecule has 0 N–H and O–H groups in total. The van der Waals surface area contributed by atoms with E-state index in [1.165, 1.54) is 31.2 Å². The summed E-state index contributed by atoms with van der Waals surface area (Å²) in [7, 11) is 0. The summed E-state index contributed by atoms with van der Waals surface area (Å²) in [4.78, 5) is 10.7. The quantitative estimate of drug-likeness (QED) is 0.701. The summed E-state index contributed by atoms with van der Waals surface area (Å²) in [6, 6.07) is 8.05. The average Bonchev–Trinajstić information content (AvgIpc) is 2.32. The number of carbonyl (C=O) groups is 1. The Balaban J connectivity index is 2.04. The second-order valence-corrected chi connectivity index (χ2v) is 5.09. The van der Waals surface area contributed by atoms with Crippen LogP contribution in [-0.4, -0.2) is 6.29 Å². The van der Waals surface area contributed by atoms with Gasteiger partial charge in [-0.15, -0.1) is 0 Å². The number of hydrogen-bond acceptors (Lipinski definition) is 1. The Labute approximate surface area is 97.9 Å². The van der Waals surface area contributed by atoms with Crippen molar-refractivity contribution in [2.75, 3.05) is 0 Å². The van der Waals surface area contributed by atoms with Crippen LogP contribution in [0.1, 0.15) is 48.5 Å². The number of aldehydes is 1. The van der Waals surface area contributed by atoms with Gasteiger partial charge in [0.15, 0.2) is 0 Å². The lowest BCUT2D eigenvalue weighted by atomic mass is 9.77. The van der Waals surface area contributed by atoms with Crippen LogP contribution < -0.4 is 0 Å². The van der Waals surface area contributed by atoms with Crippen LogP contribution in [0.5, 0.6) is 0 Å². The zero-order chi connectivity index (χ0) is 11.4. The Kier molecular flexibility index (Phi) is 3.76. The molecule has 1 heteroatoms. The highest BCUT2D eigenvalue weighted by molar-refractivity contribution is 5.74. The normalized spacial score (nSPS) is 25.3. The van der Waals surface area contributed by atoms with E-state index in [2.05, 4.69) is 13.0 Å². The zero-order valence-electron chi connectivity index (χ0n) is 9.99. The molecular formula is C15H20O. The van der Waals surface area contributed by atoms with Crippen molar-refractivity contribution in [1.82, 2.24) is 0 Å². The van der Waals surface area contributed by atoms with Gasteiger partial charge in [-0.2, -0.15) is 0 Å². The molecule has 0 radical (unpaired) electrons. The maximum Gasteiger partial charge on any atom is 0.150 e. The first-order valence-electron chi connectivity index (χ1n) is 6.33. The molecule has 1 fully saturated rings. The van der Waals surface area contributed by atoms with Crippen molar-refractivity contribution < 1.29 is 4.79 Å². The first kappa shape index (κ1) is 11.4. The molecule has 0 aromatic heterocycles. The minimum Gasteiger partial charge on any atom is -0.298 e. The van der Waals surface area contributed by atoms with Gasteiger partial charge in [0.1, 0.15) is 6.29 Å². The molecule has 1 aliphatic carbocycles. The van der Waals surface area contributed by atoms with Gasteiger partial charge in [0.2, 0.25) is 0 Å². The Morgan fingerprint density at radius 2 is 2.12 bits per heavy atom. The molecule has 1 aliphatic rings. The molecule has 0 spiro atoms. The van der Waals surface area contributed by atoms with Crippen molar-refractivity contribution in [1.29, 1.82) is 0 Å². The van der Waals surface area contributed by atoms with E-state index in [4.69, 9.17) is 0 Å². The van der Waals surface area contributed by atoms with Gasteiger partial charge in [-0.1, -0.05) is 44.4 Å². The summed E-state index contributed by atoms with van der Waals surface area (Å²) in [5, 5.41) is 0. The molecule has 0 saturated heterocycles. The van der Waals surface area contributed by atoms with Crippen LogP contribution >= 0.6 is 0 Å². The Morgan fingerprint density at radius 1 is 1.31 bits per heavy atom. The molecule has 2 atom stereocenters. The Hall–Kier alpha value is -1.11. The predicted octanol–water partition coefficient (Wildman–Crippen LogP) is 3.87. The fourth-order valence-corrected chi connectivity index (χ4v) is 2.79. The molecule has 16 heavy (non-hydrogen) atoms. The van der Waals surface area contributed by atoms with E-state index in [1.54, 1.807) is 0 Å². The van der Waals surface area contributed by atoms with Crippen LogP contribution in [0.25, 0.3) is 0 Å². The van der Waals surface area contributed by atoms with Crippen molar-refractivity contribution in [3.05, 3.63) is 35.4 Å². The lowest BCUT2D eigenvalue weighted by Crippen LogP contribution is -2.18. The molecule has 1 saturated carbocycles. The third kappa shape index (κ3) is 2.72. The zero-order valence-corrected chi connectivity index (χ0v) is 9.99. The molecular weight excluding hydrogens is 196 g/mol. The highest BCUT2D eigenvalue weighted by atomic mass is 16.1. The second kappa shape index (κ2) is 5.29. The molecule has 0 heterocycles. The van der Waals surface area contributed by atoms with E-state index < -0.39 is 0 Å². The number of hydrogen-bond donors (Lipinski definition) is 0. The summed E-state index contributed by atoms with van der Waals surface area (Å²) in [5.74, 6) is 1.66. The summed E-state index contributed by atoms with van der Waals surface area (Å²) < 4.78 is 0. The van der Waals surface area contributed by atoms with Gasteiger partial charge in [0.05, 0.1) is 0 Å². The Bertz CT molecular complexity index is 356. The average molecular weight is 216 g/mol. The maximum absolute atomic E-state index is 10.7. The summed E-state index contributed by atoms with van der Waals surface area (Å²) >= 11 is 0. The third-order valence-corrected chi connectivity index (χ3v) is 3.87. The largest absolute Gasteiger partial charge is 0.298 e. The molecule has 86 valence electrons. The molecule has 0 bridgehead atoms. The molecule has 1 nitrogen and oxygen atoms in total. The van der Waals surface area contributed by atoms with E-state index in [0.717, 1.165) is 30.1 Å². The van der Waals surface area contributed by atoms with E-state index in [-0.39, 0.29) is 0 Å². The van der Waals surface area contributed by atoms with Gasteiger partial charge in [-0.3, -0.25) is 4.79 Å². The van der Waals surface area contributed by atoms with Crippen molar-refractivity contribution in [3.63, 3.8) is 0 Å². The molecule has 1 aromatic carbocycles. The first-order chi connectivity index (χ1) is 7.79. The predicted molar refractivity (Wildman–Crippen MR) is 66.7 cm³/mol. The summed E-state index contributed by atoms with van der Waals surface area (Å²) in [6.07, 6.45) is 7.58. The lowest BCUT2D eigenvalue weighted by molar-refractivity contribution is 0.112. The minimum atomic E-state index is 0.806. The minimum absolute atomic E-state index is 0.806. The van der Waals surface area contributed by atoms with Gasteiger partial charge in [-0.05, 0) is 36.3 Å². The van der Waals surface area contributed by atoms with Crippen LogP contribution in [0, 0.1) is 11.8 Å². The highest BCUT2D eigenvalue weighted by Crippen LogP contribution is 2.32. The fraction of sp³-hybridized carbons (Fsp3) is 0.533. The van der Waals surface area contributed by atoms with Crippen LogP contribution in [0.2, 0.25) is 0 Å². The monoisotopic (exact) mass is 216 g/mol.